The van der Waals surface area contributed by atoms with Gasteiger partial charge in [0.15, 0.2) is 33.6 Å². The quantitative estimate of drug-likeness (QED) is 0.724. The van der Waals surface area contributed by atoms with E-state index in [9.17, 15) is 0 Å². The number of nitrogens with zero attached hydrogens (tertiary/aromatic N) is 4. The summed E-state index contributed by atoms with van der Waals surface area (Å²) in [5.41, 5.74) is 0. The Morgan fingerprint density at radius 3 is 0.950 bits per heavy atom. The smallest absolute Gasteiger partial charge is 0.188 e. The van der Waals surface area contributed by atoms with Crippen molar-refractivity contribution in [3.63, 3.8) is 0 Å². The zero-order valence-corrected chi connectivity index (χ0v) is 19.8. The van der Waals surface area contributed by atoms with Crippen LogP contribution >= 0.6 is 0 Å². The Morgan fingerprint density at radius 1 is 0.600 bits per heavy atom. The molecule has 1 heterocycles. The van der Waals surface area contributed by atoms with Crippen molar-refractivity contribution >= 4 is 33.6 Å². The van der Waals surface area contributed by atoms with Gasteiger partial charge in [0.2, 0.25) is 0 Å². The van der Waals surface area contributed by atoms with Gasteiger partial charge < -0.3 is 16.9 Å². The van der Waals surface area contributed by atoms with Gasteiger partial charge >= 0.3 is 0 Å². The van der Waals surface area contributed by atoms with Gasteiger partial charge in [-0.25, -0.2) is 0 Å². The van der Waals surface area contributed by atoms with E-state index in [0.29, 0.717) is 0 Å². The molecule has 0 aromatic heterocycles. The van der Waals surface area contributed by atoms with Crippen LogP contribution in [0.3, 0.4) is 0 Å². The molecule has 0 spiro atoms. The Morgan fingerprint density at radius 2 is 0.800 bits per heavy atom. The first-order valence-electron chi connectivity index (χ1n) is 7.58. The SMILES string of the molecule is CN(C)[Si](C)(C)N1[Si](C)(C)N([Si](C)(C)N(C)C)[Si]1(C)C. The molecular formula is C12H36N4Si4. The second-order valence-corrected chi connectivity index (χ2v) is 27.5. The van der Waals surface area contributed by atoms with Crippen molar-refractivity contribution in [3.8, 4) is 0 Å². The highest BCUT2D eigenvalue weighted by atomic mass is 28.6. The third kappa shape index (κ3) is 2.47. The number of hydrogen-bond acceptors (Lipinski definition) is 4. The molecule has 1 rings (SSSR count). The third-order valence-corrected chi connectivity index (χ3v) is 36.1. The van der Waals surface area contributed by atoms with Crippen LogP contribution in [0.25, 0.3) is 0 Å². The highest BCUT2D eigenvalue weighted by molar-refractivity contribution is 7.19. The van der Waals surface area contributed by atoms with E-state index in [4.69, 9.17) is 0 Å². The molecule has 0 radical (unpaired) electrons. The molecule has 8 heteroatoms. The van der Waals surface area contributed by atoms with Gasteiger partial charge in [-0.05, 0) is 80.6 Å². The van der Waals surface area contributed by atoms with E-state index >= 15 is 0 Å². The van der Waals surface area contributed by atoms with Crippen molar-refractivity contribution in [3.05, 3.63) is 0 Å². The second-order valence-electron chi connectivity index (χ2n) is 8.44. The molecule has 0 aromatic rings. The van der Waals surface area contributed by atoms with Gasteiger partial charge in [0.1, 0.15) is 0 Å². The van der Waals surface area contributed by atoms with Crippen molar-refractivity contribution in [1.29, 1.82) is 0 Å². The lowest BCUT2D eigenvalue weighted by Crippen LogP contribution is -3.00. The van der Waals surface area contributed by atoms with E-state index < -0.39 is 33.6 Å². The maximum atomic E-state index is 3.06. The lowest BCUT2D eigenvalue weighted by atomic mass is 11.3. The van der Waals surface area contributed by atoms with E-state index in [1.807, 2.05) is 0 Å². The van der Waals surface area contributed by atoms with Gasteiger partial charge in [0.05, 0.1) is 0 Å². The second kappa shape index (κ2) is 5.12. The van der Waals surface area contributed by atoms with Crippen LogP contribution in [-0.4, -0.2) is 78.7 Å². The van der Waals surface area contributed by atoms with Gasteiger partial charge in [0.25, 0.3) is 0 Å². The summed E-state index contributed by atoms with van der Waals surface area (Å²) >= 11 is 0. The molecule has 0 amide bonds. The van der Waals surface area contributed by atoms with Gasteiger partial charge in [-0.3, -0.25) is 0 Å². The Balaban J connectivity index is 3.27. The summed E-state index contributed by atoms with van der Waals surface area (Å²) < 4.78 is 11.2. The molecule has 0 aromatic carbocycles. The Bertz CT molecular complexity index is 332. The molecule has 0 aliphatic carbocycles. The van der Waals surface area contributed by atoms with Crippen molar-refractivity contribution in [2.75, 3.05) is 28.2 Å². The van der Waals surface area contributed by atoms with Gasteiger partial charge in [-0.2, -0.15) is 0 Å². The summed E-state index contributed by atoms with van der Waals surface area (Å²) in [6.07, 6.45) is 0. The molecule has 4 nitrogen and oxygen atoms in total. The van der Waals surface area contributed by atoms with Crippen molar-refractivity contribution in [2.45, 2.75) is 52.4 Å². The van der Waals surface area contributed by atoms with Crippen LogP contribution in [0.5, 0.6) is 0 Å². The molecule has 20 heavy (non-hydrogen) atoms. The number of rotatable bonds is 4. The molecule has 0 saturated carbocycles. The highest BCUT2D eigenvalue weighted by Crippen LogP contribution is 2.46. The lowest BCUT2D eigenvalue weighted by Gasteiger charge is -2.76. The molecular weight excluding hydrogens is 313 g/mol. The predicted molar refractivity (Wildman–Crippen MR) is 101 cm³/mol. The molecule has 1 saturated heterocycles. The fourth-order valence-corrected chi connectivity index (χ4v) is 43.9. The van der Waals surface area contributed by atoms with E-state index in [1.54, 1.807) is 0 Å². The predicted octanol–water partition coefficient (Wildman–Crippen LogP) is 2.53. The van der Waals surface area contributed by atoms with Crippen molar-refractivity contribution < 1.29 is 0 Å². The first-order chi connectivity index (χ1) is 8.62. The monoisotopic (exact) mass is 348 g/mol. The summed E-state index contributed by atoms with van der Waals surface area (Å²) in [5, 5.41) is 0. The van der Waals surface area contributed by atoms with Gasteiger partial charge in [0, 0.05) is 0 Å². The van der Waals surface area contributed by atoms with Crippen LogP contribution in [0.1, 0.15) is 0 Å². The van der Waals surface area contributed by atoms with E-state index in [1.165, 1.54) is 0 Å². The van der Waals surface area contributed by atoms with Gasteiger partial charge in [-0.15, -0.1) is 0 Å². The molecule has 1 aliphatic heterocycles. The van der Waals surface area contributed by atoms with E-state index in [-0.39, 0.29) is 0 Å². The third-order valence-electron chi connectivity index (χ3n) is 5.47. The molecule has 0 atom stereocenters. The van der Waals surface area contributed by atoms with E-state index in [0.717, 1.165) is 0 Å². The first-order valence-corrected chi connectivity index (χ1v) is 19.2. The maximum Gasteiger partial charge on any atom is 0.188 e. The Labute approximate surface area is 131 Å². The lowest BCUT2D eigenvalue weighted by molar-refractivity contribution is 0.484. The first kappa shape index (κ1) is 18.8. The molecule has 1 fully saturated rings. The summed E-state index contributed by atoms with van der Waals surface area (Å²) in [6.45, 7) is 20.4. The van der Waals surface area contributed by atoms with Crippen molar-refractivity contribution in [2.24, 2.45) is 0 Å². The standard InChI is InChI=1S/C12H36N4Si4/c1-13(2)17(5,6)15-19(9,10)16(20(15,11)12)18(7,8)14(3)4/h1-12H3. The largest absolute Gasteiger partial charge is 0.333 e. The zero-order valence-electron chi connectivity index (χ0n) is 15.8. The summed E-state index contributed by atoms with van der Waals surface area (Å²) in [7, 11) is 3.22. The average Bonchev–Trinajstić information content (AvgIpc) is 2.11. The van der Waals surface area contributed by atoms with Crippen molar-refractivity contribution in [1.82, 2.24) is 16.9 Å². The molecule has 120 valence electrons. The van der Waals surface area contributed by atoms with Crippen LogP contribution in [-0.2, 0) is 0 Å². The van der Waals surface area contributed by atoms with Crippen LogP contribution in [0.2, 0.25) is 52.4 Å². The Kier molecular flexibility index (Phi) is 4.80. The normalized spacial score (nSPS) is 24.3. The van der Waals surface area contributed by atoms with Crippen LogP contribution < -0.4 is 0 Å². The molecule has 0 N–H and O–H groups in total. The van der Waals surface area contributed by atoms with Crippen LogP contribution in [0.15, 0.2) is 0 Å². The summed E-state index contributed by atoms with van der Waals surface area (Å²) in [6, 6.07) is 0. The van der Waals surface area contributed by atoms with Crippen LogP contribution in [0, 0.1) is 0 Å². The maximum absolute atomic E-state index is 3.06. The zero-order chi connectivity index (χ0) is 16.3. The Hall–Kier alpha value is 0.708. The minimum atomic E-state index is -1.47. The molecule has 0 unspecified atom stereocenters. The fourth-order valence-electron chi connectivity index (χ4n) is 4.57. The molecule has 1 aliphatic rings. The highest BCUT2D eigenvalue weighted by Gasteiger charge is 2.69. The minimum absolute atomic E-state index is 1.47. The minimum Gasteiger partial charge on any atom is -0.333 e. The average molecular weight is 349 g/mol. The van der Waals surface area contributed by atoms with Gasteiger partial charge in [-0.1, -0.05) is 0 Å². The summed E-state index contributed by atoms with van der Waals surface area (Å²) in [5.74, 6) is 0. The van der Waals surface area contributed by atoms with Crippen LogP contribution in [0.4, 0.5) is 0 Å². The summed E-state index contributed by atoms with van der Waals surface area (Å²) in [4.78, 5) is 0. The van der Waals surface area contributed by atoms with E-state index in [2.05, 4.69) is 97.5 Å². The number of hydrogen-bond donors (Lipinski definition) is 0. The fraction of sp³-hybridized carbons (Fsp3) is 1.00. The molecule has 0 bridgehead atoms. The topological polar surface area (TPSA) is 13.0 Å².